The number of fused-ring (bicyclic) bond motifs is 1. The average molecular weight is 258 g/mol. The predicted molar refractivity (Wildman–Crippen MR) is 70.3 cm³/mol. The molecule has 7 nitrogen and oxygen atoms in total. The SMILES string of the molecule is Nc1ccc(NC(=O)N2CCn3cnnc3C2)cc1. The van der Waals surface area contributed by atoms with Crippen LogP contribution in [0, 0.1) is 0 Å². The first-order chi connectivity index (χ1) is 9.22. The van der Waals surface area contributed by atoms with Gasteiger partial charge in [-0.15, -0.1) is 10.2 Å². The van der Waals surface area contributed by atoms with Gasteiger partial charge in [0.25, 0.3) is 0 Å². The normalized spacial score (nSPS) is 14.0. The molecule has 1 aliphatic heterocycles. The average Bonchev–Trinajstić information content (AvgIpc) is 2.88. The maximum atomic E-state index is 12.1. The van der Waals surface area contributed by atoms with E-state index < -0.39 is 0 Å². The molecular formula is C12H14N6O. The molecule has 2 aromatic rings. The lowest BCUT2D eigenvalue weighted by molar-refractivity contribution is 0.195. The van der Waals surface area contributed by atoms with Gasteiger partial charge in [0, 0.05) is 24.5 Å². The molecule has 7 heteroatoms. The maximum absolute atomic E-state index is 12.1. The van der Waals surface area contributed by atoms with Crippen molar-refractivity contribution in [3.63, 3.8) is 0 Å². The van der Waals surface area contributed by atoms with Crippen LogP contribution in [0.2, 0.25) is 0 Å². The first kappa shape index (κ1) is 11.5. The Hall–Kier alpha value is -2.57. The van der Waals surface area contributed by atoms with Crippen LogP contribution in [0.1, 0.15) is 5.82 Å². The van der Waals surface area contributed by atoms with E-state index >= 15 is 0 Å². The Morgan fingerprint density at radius 2 is 2.05 bits per heavy atom. The van der Waals surface area contributed by atoms with Gasteiger partial charge in [0.2, 0.25) is 0 Å². The Morgan fingerprint density at radius 1 is 1.26 bits per heavy atom. The third-order valence-corrected chi connectivity index (χ3v) is 3.09. The minimum atomic E-state index is -0.140. The van der Waals surface area contributed by atoms with Gasteiger partial charge in [0.15, 0.2) is 5.82 Å². The molecule has 0 radical (unpaired) electrons. The lowest BCUT2D eigenvalue weighted by atomic mass is 10.3. The molecule has 0 bridgehead atoms. The molecule has 0 aliphatic carbocycles. The molecule has 0 atom stereocenters. The number of urea groups is 1. The molecule has 0 fully saturated rings. The highest BCUT2D eigenvalue weighted by molar-refractivity contribution is 5.89. The fourth-order valence-corrected chi connectivity index (χ4v) is 2.01. The number of nitrogen functional groups attached to an aromatic ring is 1. The van der Waals surface area contributed by atoms with Crippen LogP contribution in [0.4, 0.5) is 16.2 Å². The van der Waals surface area contributed by atoms with Gasteiger partial charge in [0.1, 0.15) is 6.33 Å². The van der Waals surface area contributed by atoms with E-state index in [9.17, 15) is 4.79 Å². The van der Waals surface area contributed by atoms with Gasteiger partial charge in [-0.25, -0.2) is 4.79 Å². The van der Waals surface area contributed by atoms with Gasteiger partial charge < -0.3 is 20.5 Å². The summed E-state index contributed by atoms with van der Waals surface area (Å²) in [5.41, 5.74) is 7.00. The summed E-state index contributed by atoms with van der Waals surface area (Å²) in [4.78, 5) is 13.8. The number of hydrogen-bond donors (Lipinski definition) is 2. The highest BCUT2D eigenvalue weighted by Gasteiger charge is 2.21. The molecule has 3 rings (SSSR count). The maximum Gasteiger partial charge on any atom is 0.322 e. The van der Waals surface area contributed by atoms with Crippen LogP contribution in [0.5, 0.6) is 0 Å². The molecule has 0 saturated heterocycles. The van der Waals surface area contributed by atoms with E-state index in [1.165, 1.54) is 0 Å². The van der Waals surface area contributed by atoms with E-state index in [0.29, 0.717) is 18.8 Å². The van der Waals surface area contributed by atoms with E-state index in [1.54, 1.807) is 35.5 Å². The van der Waals surface area contributed by atoms with Gasteiger partial charge in [0.05, 0.1) is 6.54 Å². The smallest absolute Gasteiger partial charge is 0.322 e. The number of carbonyl (C=O) groups is 1. The third kappa shape index (κ3) is 2.35. The molecule has 1 aliphatic rings. The van der Waals surface area contributed by atoms with Crippen molar-refractivity contribution >= 4 is 17.4 Å². The molecule has 2 heterocycles. The van der Waals surface area contributed by atoms with Crippen molar-refractivity contribution in [1.29, 1.82) is 0 Å². The predicted octanol–water partition coefficient (Wildman–Crippen LogP) is 0.908. The highest BCUT2D eigenvalue weighted by Crippen LogP contribution is 2.14. The van der Waals surface area contributed by atoms with Crippen LogP contribution < -0.4 is 11.1 Å². The van der Waals surface area contributed by atoms with Crippen molar-refractivity contribution in [2.24, 2.45) is 0 Å². The van der Waals surface area contributed by atoms with Crippen LogP contribution in [0.25, 0.3) is 0 Å². The first-order valence-corrected chi connectivity index (χ1v) is 6.00. The number of hydrogen-bond acceptors (Lipinski definition) is 4. The van der Waals surface area contributed by atoms with Crippen molar-refractivity contribution in [2.45, 2.75) is 13.1 Å². The number of benzene rings is 1. The summed E-state index contributed by atoms with van der Waals surface area (Å²) in [6.45, 7) is 1.84. The molecule has 2 amide bonds. The third-order valence-electron chi connectivity index (χ3n) is 3.09. The fraction of sp³-hybridized carbons (Fsp3) is 0.250. The van der Waals surface area contributed by atoms with E-state index in [-0.39, 0.29) is 6.03 Å². The molecule has 19 heavy (non-hydrogen) atoms. The number of aromatic nitrogens is 3. The number of anilines is 2. The highest BCUT2D eigenvalue weighted by atomic mass is 16.2. The first-order valence-electron chi connectivity index (χ1n) is 6.00. The topological polar surface area (TPSA) is 89.1 Å². The van der Waals surface area contributed by atoms with Crippen molar-refractivity contribution in [2.75, 3.05) is 17.6 Å². The summed E-state index contributed by atoms with van der Waals surface area (Å²) in [7, 11) is 0. The van der Waals surface area contributed by atoms with Gasteiger partial charge in [-0.3, -0.25) is 0 Å². The second kappa shape index (κ2) is 4.60. The minimum absolute atomic E-state index is 0.140. The summed E-state index contributed by atoms with van der Waals surface area (Å²) in [5.74, 6) is 0.804. The van der Waals surface area contributed by atoms with Crippen molar-refractivity contribution in [1.82, 2.24) is 19.7 Å². The van der Waals surface area contributed by atoms with Gasteiger partial charge in [-0.1, -0.05) is 0 Å². The monoisotopic (exact) mass is 258 g/mol. The lowest BCUT2D eigenvalue weighted by Gasteiger charge is -2.27. The lowest BCUT2D eigenvalue weighted by Crippen LogP contribution is -2.40. The molecule has 0 spiro atoms. The molecular weight excluding hydrogens is 244 g/mol. The Balaban J connectivity index is 1.67. The van der Waals surface area contributed by atoms with E-state index in [4.69, 9.17) is 5.73 Å². The van der Waals surface area contributed by atoms with Crippen molar-refractivity contribution in [3.05, 3.63) is 36.4 Å². The number of carbonyl (C=O) groups excluding carboxylic acids is 1. The molecule has 3 N–H and O–H groups in total. The molecule has 1 aromatic carbocycles. The zero-order chi connectivity index (χ0) is 13.2. The zero-order valence-electron chi connectivity index (χ0n) is 10.3. The van der Waals surface area contributed by atoms with Gasteiger partial charge in [-0.2, -0.15) is 0 Å². The number of rotatable bonds is 1. The van der Waals surface area contributed by atoms with Gasteiger partial charge in [-0.05, 0) is 24.3 Å². The van der Waals surface area contributed by atoms with Crippen LogP contribution in [0.3, 0.4) is 0 Å². The van der Waals surface area contributed by atoms with Gasteiger partial charge >= 0.3 is 6.03 Å². The molecule has 0 unspecified atom stereocenters. The summed E-state index contributed by atoms with van der Waals surface area (Å²) in [5, 5.41) is 10.7. The Bertz CT molecular complexity index is 591. The Kier molecular flexibility index (Phi) is 2.79. The summed E-state index contributed by atoms with van der Waals surface area (Å²) in [6, 6.07) is 6.92. The van der Waals surface area contributed by atoms with Crippen molar-refractivity contribution < 1.29 is 4.79 Å². The molecule has 1 aromatic heterocycles. The van der Waals surface area contributed by atoms with Crippen LogP contribution in [-0.2, 0) is 13.1 Å². The van der Waals surface area contributed by atoms with Crippen LogP contribution >= 0.6 is 0 Å². The van der Waals surface area contributed by atoms with E-state index in [1.807, 2.05) is 4.57 Å². The number of nitrogens with one attached hydrogen (secondary N) is 1. The minimum Gasteiger partial charge on any atom is -0.399 e. The van der Waals surface area contributed by atoms with Crippen LogP contribution in [0.15, 0.2) is 30.6 Å². The Morgan fingerprint density at radius 3 is 2.84 bits per heavy atom. The number of nitrogens with zero attached hydrogens (tertiary/aromatic N) is 4. The second-order valence-corrected chi connectivity index (χ2v) is 4.41. The number of amides is 2. The Labute approximate surface area is 110 Å². The molecule has 98 valence electrons. The number of nitrogens with two attached hydrogens (primary N) is 1. The largest absolute Gasteiger partial charge is 0.399 e. The summed E-state index contributed by atoms with van der Waals surface area (Å²) >= 11 is 0. The summed E-state index contributed by atoms with van der Waals surface area (Å²) < 4.78 is 1.95. The quantitative estimate of drug-likeness (QED) is 0.744. The van der Waals surface area contributed by atoms with Crippen LogP contribution in [-0.4, -0.2) is 32.2 Å². The summed E-state index contributed by atoms with van der Waals surface area (Å²) in [6.07, 6.45) is 1.69. The zero-order valence-corrected chi connectivity index (χ0v) is 10.3. The fourth-order valence-electron chi connectivity index (χ4n) is 2.01. The van der Waals surface area contributed by atoms with E-state index in [2.05, 4.69) is 15.5 Å². The van der Waals surface area contributed by atoms with E-state index in [0.717, 1.165) is 18.1 Å². The van der Waals surface area contributed by atoms with Crippen molar-refractivity contribution in [3.8, 4) is 0 Å². The second-order valence-electron chi connectivity index (χ2n) is 4.41. The standard InChI is InChI=1S/C12H14N6O/c13-9-1-3-10(4-2-9)15-12(19)17-5-6-18-8-14-16-11(18)7-17/h1-4,8H,5-7,13H2,(H,15,19). The molecule has 0 saturated carbocycles.